The Morgan fingerprint density at radius 3 is 2.39 bits per heavy atom. The van der Waals surface area contributed by atoms with Crippen molar-refractivity contribution < 1.29 is 32.2 Å². The van der Waals surface area contributed by atoms with Crippen LogP contribution in [-0.4, -0.2) is 50.9 Å². The molecule has 0 unspecified atom stereocenters. The largest absolute Gasteiger partial charge is 0.484 e. The molecule has 1 aromatic carbocycles. The van der Waals surface area contributed by atoms with Crippen LogP contribution in [0, 0.1) is 0 Å². The number of amides is 2. The summed E-state index contributed by atoms with van der Waals surface area (Å²) < 4.78 is 44.8. The Kier molecular flexibility index (Phi) is 7.89. The summed E-state index contributed by atoms with van der Waals surface area (Å²) in [6, 6.07) is 8.67. The van der Waals surface area contributed by atoms with Crippen molar-refractivity contribution in [1.29, 1.82) is 0 Å². The van der Waals surface area contributed by atoms with Crippen LogP contribution in [0.4, 0.5) is 13.2 Å². The molecule has 23 heavy (non-hydrogen) atoms. The molecule has 0 aliphatic carbocycles. The molecule has 0 spiro atoms. The quantitative estimate of drug-likeness (QED) is 0.657. The summed E-state index contributed by atoms with van der Waals surface area (Å²) in [5, 5.41) is 4.63. The standard InChI is InChI=1S/C14H17F3N2O4/c15-14(16,17)10-22-7-6-18-12(20)8-19-13(21)9-23-11-4-2-1-3-5-11/h1-5H,6-10H2,(H,18,20)(H,19,21). The van der Waals surface area contributed by atoms with E-state index in [4.69, 9.17) is 4.74 Å². The summed E-state index contributed by atoms with van der Waals surface area (Å²) in [7, 11) is 0. The van der Waals surface area contributed by atoms with Gasteiger partial charge in [0, 0.05) is 6.54 Å². The van der Waals surface area contributed by atoms with E-state index in [1.54, 1.807) is 30.3 Å². The van der Waals surface area contributed by atoms with Gasteiger partial charge in [0.05, 0.1) is 13.2 Å². The fourth-order valence-electron chi connectivity index (χ4n) is 1.41. The second kappa shape index (κ2) is 9.67. The maximum absolute atomic E-state index is 11.8. The fourth-order valence-corrected chi connectivity index (χ4v) is 1.41. The summed E-state index contributed by atoms with van der Waals surface area (Å²) in [6.07, 6.45) is -4.39. The zero-order valence-electron chi connectivity index (χ0n) is 12.2. The molecular weight excluding hydrogens is 317 g/mol. The van der Waals surface area contributed by atoms with Crippen molar-refractivity contribution in [2.75, 3.05) is 32.9 Å². The lowest BCUT2D eigenvalue weighted by molar-refractivity contribution is -0.173. The molecule has 128 valence electrons. The SMILES string of the molecule is O=C(CNC(=O)COc1ccccc1)NCCOCC(F)(F)F. The fraction of sp³-hybridized carbons (Fsp3) is 0.429. The van der Waals surface area contributed by atoms with Gasteiger partial charge < -0.3 is 20.1 Å². The monoisotopic (exact) mass is 334 g/mol. The normalized spacial score (nSPS) is 10.9. The Bertz CT molecular complexity index is 495. The minimum absolute atomic E-state index is 0.0781. The highest BCUT2D eigenvalue weighted by molar-refractivity contribution is 5.85. The first-order chi connectivity index (χ1) is 10.9. The van der Waals surface area contributed by atoms with E-state index in [-0.39, 0.29) is 26.3 Å². The van der Waals surface area contributed by atoms with Crippen molar-refractivity contribution in [1.82, 2.24) is 10.6 Å². The van der Waals surface area contributed by atoms with E-state index in [1.807, 2.05) is 0 Å². The van der Waals surface area contributed by atoms with Gasteiger partial charge in [0.15, 0.2) is 6.61 Å². The van der Waals surface area contributed by atoms with E-state index >= 15 is 0 Å². The van der Waals surface area contributed by atoms with E-state index in [2.05, 4.69) is 15.4 Å². The molecule has 2 N–H and O–H groups in total. The van der Waals surface area contributed by atoms with E-state index in [0.717, 1.165) is 0 Å². The summed E-state index contributed by atoms with van der Waals surface area (Å²) in [6.45, 7) is -2.25. The lowest BCUT2D eigenvalue weighted by Crippen LogP contribution is -2.40. The predicted octanol–water partition coefficient (Wildman–Crippen LogP) is 0.877. The Morgan fingerprint density at radius 1 is 1.04 bits per heavy atom. The van der Waals surface area contributed by atoms with Gasteiger partial charge in [0.2, 0.25) is 5.91 Å². The zero-order valence-corrected chi connectivity index (χ0v) is 12.2. The van der Waals surface area contributed by atoms with Crippen LogP contribution >= 0.6 is 0 Å². The van der Waals surface area contributed by atoms with Gasteiger partial charge in [-0.15, -0.1) is 0 Å². The zero-order chi connectivity index (χ0) is 17.1. The molecule has 2 amide bonds. The average Bonchev–Trinajstić information content (AvgIpc) is 2.50. The summed E-state index contributed by atoms with van der Waals surface area (Å²) in [5.74, 6) is -0.500. The highest BCUT2D eigenvalue weighted by Gasteiger charge is 2.27. The topological polar surface area (TPSA) is 76.7 Å². The van der Waals surface area contributed by atoms with Gasteiger partial charge in [-0.1, -0.05) is 18.2 Å². The number of para-hydroxylation sites is 1. The highest BCUT2D eigenvalue weighted by Crippen LogP contribution is 2.13. The third-order valence-corrected chi connectivity index (χ3v) is 2.39. The smallest absolute Gasteiger partial charge is 0.411 e. The number of carbonyl (C=O) groups is 2. The van der Waals surface area contributed by atoms with Crippen LogP contribution in [0.25, 0.3) is 0 Å². The Morgan fingerprint density at radius 2 is 1.74 bits per heavy atom. The lowest BCUT2D eigenvalue weighted by atomic mass is 10.3. The average molecular weight is 334 g/mol. The molecule has 0 bridgehead atoms. The maximum Gasteiger partial charge on any atom is 0.411 e. The Hall–Kier alpha value is -2.29. The molecule has 0 fully saturated rings. The molecule has 0 radical (unpaired) electrons. The van der Waals surface area contributed by atoms with Crippen molar-refractivity contribution >= 4 is 11.8 Å². The minimum atomic E-state index is -4.39. The molecule has 0 saturated heterocycles. The number of rotatable bonds is 9. The van der Waals surface area contributed by atoms with Gasteiger partial charge in [-0.25, -0.2) is 0 Å². The first-order valence-corrected chi connectivity index (χ1v) is 6.72. The highest BCUT2D eigenvalue weighted by atomic mass is 19.4. The van der Waals surface area contributed by atoms with Gasteiger partial charge in [0.1, 0.15) is 12.4 Å². The lowest BCUT2D eigenvalue weighted by Gasteiger charge is -2.09. The second-order valence-electron chi connectivity index (χ2n) is 4.40. The first-order valence-electron chi connectivity index (χ1n) is 6.72. The number of halogens is 3. The van der Waals surface area contributed by atoms with Crippen molar-refractivity contribution in [3.05, 3.63) is 30.3 Å². The maximum atomic E-state index is 11.8. The van der Waals surface area contributed by atoms with Crippen LogP contribution in [0.15, 0.2) is 30.3 Å². The molecule has 1 aromatic rings. The molecule has 1 rings (SSSR count). The number of nitrogens with one attached hydrogen (secondary N) is 2. The Labute approximate surface area is 130 Å². The third-order valence-electron chi connectivity index (χ3n) is 2.39. The molecule has 0 aliphatic rings. The number of alkyl halides is 3. The molecule has 0 aromatic heterocycles. The number of carbonyl (C=O) groups excluding carboxylic acids is 2. The van der Waals surface area contributed by atoms with Crippen LogP contribution in [-0.2, 0) is 14.3 Å². The molecule has 9 heteroatoms. The summed E-state index contributed by atoms with van der Waals surface area (Å²) in [4.78, 5) is 22.8. The van der Waals surface area contributed by atoms with Crippen LogP contribution in [0.2, 0.25) is 0 Å². The summed E-state index contributed by atoms with van der Waals surface area (Å²) >= 11 is 0. The molecule has 6 nitrogen and oxygen atoms in total. The number of benzene rings is 1. The predicted molar refractivity (Wildman–Crippen MR) is 74.8 cm³/mol. The molecule has 0 heterocycles. The summed E-state index contributed by atoms with van der Waals surface area (Å²) in [5.41, 5.74) is 0. The molecule has 0 aliphatic heterocycles. The van der Waals surface area contributed by atoms with E-state index in [1.165, 1.54) is 0 Å². The van der Waals surface area contributed by atoms with E-state index in [9.17, 15) is 22.8 Å². The van der Waals surface area contributed by atoms with E-state index < -0.39 is 24.6 Å². The molecule has 0 saturated carbocycles. The number of hydrogen-bond acceptors (Lipinski definition) is 4. The minimum Gasteiger partial charge on any atom is -0.484 e. The van der Waals surface area contributed by atoms with E-state index in [0.29, 0.717) is 5.75 Å². The van der Waals surface area contributed by atoms with Crippen LogP contribution in [0.1, 0.15) is 0 Å². The van der Waals surface area contributed by atoms with Gasteiger partial charge in [-0.3, -0.25) is 9.59 Å². The number of ether oxygens (including phenoxy) is 2. The molecular formula is C14H17F3N2O4. The third kappa shape index (κ3) is 10.1. The Balaban J connectivity index is 2.05. The van der Waals surface area contributed by atoms with Crippen molar-refractivity contribution in [3.8, 4) is 5.75 Å². The van der Waals surface area contributed by atoms with Crippen molar-refractivity contribution in [2.45, 2.75) is 6.18 Å². The van der Waals surface area contributed by atoms with Gasteiger partial charge in [-0.05, 0) is 12.1 Å². The van der Waals surface area contributed by atoms with Gasteiger partial charge in [0.25, 0.3) is 5.91 Å². The van der Waals surface area contributed by atoms with Crippen LogP contribution in [0.5, 0.6) is 5.75 Å². The van der Waals surface area contributed by atoms with Crippen molar-refractivity contribution in [2.24, 2.45) is 0 Å². The van der Waals surface area contributed by atoms with Gasteiger partial charge >= 0.3 is 6.18 Å². The van der Waals surface area contributed by atoms with Crippen LogP contribution in [0.3, 0.4) is 0 Å². The number of hydrogen-bond donors (Lipinski definition) is 2. The first kappa shape index (κ1) is 18.8. The van der Waals surface area contributed by atoms with Crippen molar-refractivity contribution in [3.63, 3.8) is 0 Å². The molecule has 0 atom stereocenters. The van der Waals surface area contributed by atoms with Gasteiger partial charge in [-0.2, -0.15) is 13.2 Å². The van der Waals surface area contributed by atoms with Crippen LogP contribution < -0.4 is 15.4 Å². The second-order valence-corrected chi connectivity index (χ2v) is 4.40.